The van der Waals surface area contributed by atoms with E-state index in [4.69, 9.17) is 5.73 Å². The lowest BCUT2D eigenvalue weighted by Crippen LogP contribution is -2.59. The van der Waals surface area contributed by atoms with E-state index >= 15 is 0 Å². The normalized spacial score (nSPS) is 21.6. The monoisotopic (exact) mass is 295 g/mol. The molecule has 4 heteroatoms. The van der Waals surface area contributed by atoms with E-state index < -0.39 is 0 Å². The number of hydrogen-bond acceptors (Lipinski definition) is 4. The molecule has 0 bridgehead atoms. The summed E-state index contributed by atoms with van der Waals surface area (Å²) in [6.07, 6.45) is 6.02. The highest BCUT2D eigenvalue weighted by Gasteiger charge is 2.37. The molecule has 2 unspecified atom stereocenters. The zero-order valence-corrected chi connectivity index (χ0v) is 14.2. The molecular weight excluding hydrogens is 266 g/mol. The quantitative estimate of drug-likeness (QED) is 0.906. The molecule has 0 amide bonds. The van der Waals surface area contributed by atoms with Crippen molar-refractivity contribution in [1.82, 2.24) is 9.88 Å². The van der Waals surface area contributed by atoms with Gasteiger partial charge in [0.15, 0.2) is 0 Å². The second-order valence-electron chi connectivity index (χ2n) is 6.32. The third-order valence-corrected chi connectivity index (χ3v) is 6.16. The minimum atomic E-state index is 0.105. The first kappa shape index (κ1) is 15.9. The Morgan fingerprint density at radius 3 is 2.45 bits per heavy atom. The molecular formula is C16H29N3S. The molecule has 1 aromatic rings. The van der Waals surface area contributed by atoms with Crippen molar-refractivity contribution in [3.05, 3.63) is 15.6 Å². The summed E-state index contributed by atoms with van der Waals surface area (Å²) in [7, 11) is 0. The number of piperidine rings is 1. The number of aromatic nitrogens is 1. The predicted octanol–water partition coefficient (Wildman–Crippen LogP) is 3.28. The second kappa shape index (κ2) is 6.54. The highest BCUT2D eigenvalue weighted by atomic mass is 32.1. The van der Waals surface area contributed by atoms with Crippen LogP contribution in [0.1, 0.15) is 55.1 Å². The van der Waals surface area contributed by atoms with Gasteiger partial charge in [0.1, 0.15) is 0 Å². The molecule has 2 heterocycles. The summed E-state index contributed by atoms with van der Waals surface area (Å²) < 4.78 is 0. The molecule has 1 fully saturated rings. The SMILES string of the molecule is CCC(C)(C(N)Cc1nc(C)c(C)s1)N1CCCCC1. The summed E-state index contributed by atoms with van der Waals surface area (Å²) in [5, 5.41) is 1.20. The average molecular weight is 295 g/mol. The number of nitrogens with two attached hydrogens (primary N) is 1. The minimum Gasteiger partial charge on any atom is -0.326 e. The number of thiazole rings is 1. The van der Waals surface area contributed by atoms with Crippen molar-refractivity contribution in [3.63, 3.8) is 0 Å². The number of rotatable bonds is 5. The molecule has 0 aliphatic carbocycles. The lowest BCUT2D eigenvalue weighted by atomic mass is 9.84. The van der Waals surface area contributed by atoms with Gasteiger partial charge < -0.3 is 5.73 Å². The molecule has 3 nitrogen and oxygen atoms in total. The van der Waals surface area contributed by atoms with Gasteiger partial charge in [-0.2, -0.15) is 0 Å². The fourth-order valence-corrected chi connectivity index (χ4v) is 4.15. The third kappa shape index (κ3) is 3.23. The van der Waals surface area contributed by atoms with Crippen LogP contribution in [0.2, 0.25) is 0 Å². The minimum absolute atomic E-state index is 0.105. The zero-order chi connectivity index (χ0) is 14.8. The smallest absolute Gasteiger partial charge is 0.0947 e. The van der Waals surface area contributed by atoms with E-state index in [0.29, 0.717) is 0 Å². The molecule has 0 aromatic carbocycles. The Bertz CT molecular complexity index is 417. The maximum atomic E-state index is 6.61. The van der Waals surface area contributed by atoms with Gasteiger partial charge in [0.25, 0.3) is 0 Å². The van der Waals surface area contributed by atoms with Crippen molar-refractivity contribution < 1.29 is 0 Å². The molecule has 1 aromatic heterocycles. The molecule has 1 aliphatic rings. The summed E-state index contributed by atoms with van der Waals surface area (Å²) >= 11 is 1.81. The van der Waals surface area contributed by atoms with E-state index in [1.165, 1.54) is 42.2 Å². The number of hydrogen-bond donors (Lipinski definition) is 1. The van der Waals surface area contributed by atoms with Crippen molar-refractivity contribution in [2.24, 2.45) is 5.73 Å². The maximum absolute atomic E-state index is 6.61. The first-order valence-electron chi connectivity index (χ1n) is 7.91. The molecule has 0 saturated carbocycles. The Kier molecular flexibility index (Phi) is 5.21. The van der Waals surface area contributed by atoms with Gasteiger partial charge in [-0.25, -0.2) is 4.98 Å². The van der Waals surface area contributed by atoms with Gasteiger partial charge in [-0.1, -0.05) is 13.3 Å². The lowest BCUT2D eigenvalue weighted by Gasteiger charge is -2.46. The van der Waals surface area contributed by atoms with E-state index in [9.17, 15) is 0 Å². The van der Waals surface area contributed by atoms with Crippen LogP contribution in [0.15, 0.2) is 0 Å². The first-order chi connectivity index (χ1) is 9.47. The van der Waals surface area contributed by atoms with Crippen molar-refractivity contribution in [2.45, 2.75) is 71.4 Å². The molecule has 0 radical (unpaired) electrons. The summed E-state index contributed by atoms with van der Waals surface area (Å²) in [6.45, 7) is 11.3. The summed E-state index contributed by atoms with van der Waals surface area (Å²) in [4.78, 5) is 8.61. The van der Waals surface area contributed by atoms with Gasteiger partial charge in [-0.15, -0.1) is 11.3 Å². The third-order valence-electron chi connectivity index (χ3n) is 5.06. The van der Waals surface area contributed by atoms with E-state index in [-0.39, 0.29) is 11.6 Å². The highest BCUT2D eigenvalue weighted by molar-refractivity contribution is 7.11. The van der Waals surface area contributed by atoms with Crippen LogP contribution in [-0.2, 0) is 6.42 Å². The van der Waals surface area contributed by atoms with Crippen LogP contribution < -0.4 is 5.73 Å². The molecule has 114 valence electrons. The van der Waals surface area contributed by atoms with Crippen LogP contribution in [0, 0.1) is 13.8 Å². The number of nitrogens with zero attached hydrogens (tertiary/aromatic N) is 2. The average Bonchev–Trinajstić information content (AvgIpc) is 2.77. The Hall–Kier alpha value is -0.450. The van der Waals surface area contributed by atoms with Crippen LogP contribution >= 0.6 is 11.3 Å². The Morgan fingerprint density at radius 1 is 1.30 bits per heavy atom. The molecule has 1 saturated heterocycles. The second-order valence-corrected chi connectivity index (χ2v) is 7.61. The van der Waals surface area contributed by atoms with Crippen LogP contribution in [0.25, 0.3) is 0 Å². The first-order valence-corrected chi connectivity index (χ1v) is 8.72. The van der Waals surface area contributed by atoms with Crippen LogP contribution in [0.3, 0.4) is 0 Å². The fraction of sp³-hybridized carbons (Fsp3) is 0.812. The van der Waals surface area contributed by atoms with Crippen LogP contribution in [0.4, 0.5) is 0 Å². The van der Waals surface area contributed by atoms with Gasteiger partial charge >= 0.3 is 0 Å². The molecule has 2 atom stereocenters. The van der Waals surface area contributed by atoms with Gasteiger partial charge in [-0.3, -0.25) is 4.90 Å². The van der Waals surface area contributed by atoms with Gasteiger partial charge in [0.2, 0.25) is 0 Å². The number of likely N-dealkylation sites (tertiary alicyclic amines) is 1. The molecule has 20 heavy (non-hydrogen) atoms. The van der Waals surface area contributed by atoms with Crippen molar-refractivity contribution in [3.8, 4) is 0 Å². The van der Waals surface area contributed by atoms with Gasteiger partial charge in [0.05, 0.1) is 10.7 Å². The van der Waals surface area contributed by atoms with Crippen molar-refractivity contribution in [2.75, 3.05) is 13.1 Å². The lowest BCUT2D eigenvalue weighted by molar-refractivity contribution is 0.0546. The Labute approximate surface area is 127 Å². The fourth-order valence-electron chi connectivity index (χ4n) is 3.16. The molecule has 2 rings (SSSR count). The van der Waals surface area contributed by atoms with Gasteiger partial charge in [0, 0.05) is 22.9 Å². The Balaban J connectivity index is 2.09. The predicted molar refractivity (Wildman–Crippen MR) is 87.4 cm³/mol. The van der Waals surface area contributed by atoms with Crippen molar-refractivity contribution in [1.29, 1.82) is 0 Å². The number of aryl methyl sites for hydroxylation is 2. The zero-order valence-electron chi connectivity index (χ0n) is 13.4. The summed E-state index contributed by atoms with van der Waals surface area (Å²) in [5.41, 5.74) is 7.88. The van der Waals surface area contributed by atoms with Gasteiger partial charge in [-0.05, 0) is 53.1 Å². The molecule has 0 spiro atoms. The van der Waals surface area contributed by atoms with E-state index in [2.05, 4.69) is 37.6 Å². The van der Waals surface area contributed by atoms with E-state index in [0.717, 1.165) is 18.5 Å². The van der Waals surface area contributed by atoms with E-state index in [1.807, 2.05) is 0 Å². The Morgan fingerprint density at radius 2 is 1.95 bits per heavy atom. The largest absolute Gasteiger partial charge is 0.326 e. The standard InChI is InChI=1S/C16H29N3S/c1-5-16(4,19-9-7-6-8-10-19)14(17)11-15-18-12(2)13(3)20-15/h14H,5-11,17H2,1-4H3. The van der Waals surface area contributed by atoms with E-state index in [1.54, 1.807) is 11.3 Å². The van der Waals surface area contributed by atoms with Crippen LogP contribution in [0.5, 0.6) is 0 Å². The summed E-state index contributed by atoms with van der Waals surface area (Å²) in [5.74, 6) is 0. The molecule has 2 N–H and O–H groups in total. The van der Waals surface area contributed by atoms with Crippen molar-refractivity contribution >= 4 is 11.3 Å². The topological polar surface area (TPSA) is 42.1 Å². The summed E-state index contributed by atoms with van der Waals surface area (Å²) in [6, 6.07) is 0.163. The van der Waals surface area contributed by atoms with Crippen LogP contribution in [-0.4, -0.2) is 34.6 Å². The maximum Gasteiger partial charge on any atom is 0.0947 e. The molecule has 1 aliphatic heterocycles. The highest BCUT2D eigenvalue weighted by Crippen LogP contribution is 2.29.